The Morgan fingerprint density at radius 1 is 1.41 bits per heavy atom. The molecule has 0 spiro atoms. The SMILES string of the molecule is CNC(CCc1cccs1)Cc1nc(C)cs1. The number of hydrogen-bond donors (Lipinski definition) is 1. The van der Waals surface area contributed by atoms with Crippen molar-refractivity contribution in [3.05, 3.63) is 38.5 Å². The Labute approximate surface area is 111 Å². The largest absolute Gasteiger partial charge is 0.317 e. The summed E-state index contributed by atoms with van der Waals surface area (Å²) in [7, 11) is 2.04. The normalized spacial score (nSPS) is 12.8. The maximum absolute atomic E-state index is 4.52. The molecule has 1 N–H and O–H groups in total. The van der Waals surface area contributed by atoms with Gasteiger partial charge in [0.05, 0.1) is 5.01 Å². The lowest BCUT2D eigenvalue weighted by molar-refractivity contribution is 0.520. The summed E-state index contributed by atoms with van der Waals surface area (Å²) < 4.78 is 0. The molecule has 0 aliphatic carbocycles. The van der Waals surface area contributed by atoms with Crippen LogP contribution in [0.5, 0.6) is 0 Å². The van der Waals surface area contributed by atoms with Crippen LogP contribution < -0.4 is 5.32 Å². The van der Waals surface area contributed by atoms with E-state index in [1.807, 2.05) is 18.4 Å². The van der Waals surface area contributed by atoms with Gasteiger partial charge < -0.3 is 5.32 Å². The van der Waals surface area contributed by atoms with Gasteiger partial charge in [-0.05, 0) is 38.3 Å². The van der Waals surface area contributed by atoms with E-state index < -0.39 is 0 Å². The van der Waals surface area contributed by atoms with Crippen molar-refractivity contribution in [3.63, 3.8) is 0 Å². The minimum Gasteiger partial charge on any atom is -0.317 e. The zero-order chi connectivity index (χ0) is 12.1. The smallest absolute Gasteiger partial charge is 0.0943 e. The molecule has 0 aromatic carbocycles. The van der Waals surface area contributed by atoms with Gasteiger partial charge in [0.25, 0.3) is 0 Å². The van der Waals surface area contributed by atoms with Gasteiger partial charge in [-0.1, -0.05) is 6.07 Å². The van der Waals surface area contributed by atoms with Crippen LogP contribution in [0.4, 0.5) is 0 Å². The van der Waals surface area contributed by atoms with Crippen molar-refractivity contribution in [1.82, 2.24) is 10.3 Å². The molecule has 2 nitrogen and oxygen atoms in total. The molecule has 1 atom stereocenters. The molecule has 2 heterocycles. The van der Waals surface area contributed by atoms with E-state index in [9.17, 15) is 0 Å². The standard InChI is InChI=1S/C13H18N2S2/c1-10-9-17-13(15-10)8-11(14-2)5-6-12-4-3-7-16-12/h3-4,7,9,11,14H,5-6,8H2,1-2H3. The fourth-order valence-corrected chi connectivity index (χ4v) is 3.41. The number of aromatic nitrogens is 1. The summed E-state index contributed by atoms with van der Waals surface area (Å²) in [5.41, 5.74) is 1.14. The van der Waals surface area contributed by atoms with Gasteiger partial charge in [0, 0.05) is 28.4 Å². The third-order valence-electron chi connectivity index (χ3n) is 2.82. The second-order valence-corrected chi connectivity index (χ2v) is 6.17. The average Bonchev–Trinajstić information content (AvgIpc) is 2.96. The van der Waals surface area contributed by atoms with Gasteiger partial charge in [0.1, 0.15) is 0 Å². The molecule has 0 radical (unpaired) electrons. The van der Waals surface area contributed by atoms with Crippen molar-refractivity contribution >= 4 is 22.7 Å². The van der Waals surface area contributed by atoms with Crippen molar-refractivity contribution in [2.45, 2.75) is 32.2 Å². The van der Waals surface area contributed by atoms with Gasteiger partial charge in [-0.25, -0.2) is 4.98 Å². The van der Waals surface area contributed by atoms with E-state index in [2.05, 4.69) is 40.1 Å². The molecule has 0 bridgehead atoms. The van der Waals surface area contributed by atoms with Crippen LogP contribution in [0.3, 0.4) is 0 Å². The molecule has 4 heteroatoms. The number of hydrogen-bond acceptors (Lipinski definition) is 4. The molecule has 0 amide bonds. The number of nitrogens with one attached hydrogen (secondary N) is 1. The first-order chi connectivity index (χ1) is 8.28. The minimum atomic E-state index is 0.530. The fraction of sp³-hybridized carbons (Fsp3) is 0.462. The molecule has 17 heavy (non-hydrogen) atoms. The Kier molecular flexibility index (Phi) is 4.71. The Morgan fingerprint density at radius 2 is 2.29 bits per heavy atom. The number of rotatable bonds is 6. The lowest BCUT2D eigenvalue weighted by Gasteiger charge is -2.13. The summed E-state index contributed by atoms with van der Waals surface area (Å²) in [6.07, 6.45) is 3.38. The Balaban J connectivity index is 1.84. The van der Waals surface area contributed by atoms with Crippen LogP contribution in [-0.4, -0.2) is 18.1 Å². The summed E-state index contributed by atoms with van der Waals surface area (Å²) in [5.74, 6) is 0. The predicted octanol–water partition coefficient (Wildman–Crippen LogP) is 3.28. The van der Waals surface area contributed by atoms with Gasteiger partial charge in [0.15, 0.2) is 0 Å². The van der Waals surface area contributed by atoms with Crippen LogP contribution in [-0.2, 0) is 12.8 Å². The van der Waals surface area contributed by atoms with E-state index in [0.717, 1.165) is 18.5 Å². The first-order valence-corrected chi connectivity index (χ1v) is 7.64. The minimum absolute atomic E-state index is 0.530. The van der Waals surface area contributed by atoms with Crippen LogP contribution in [0.2, 0.25) is 0 Å². The summed E-state index contributed by atoms with van der Waals surface area (Å²) in [6.45, 7) is 2.06. The van der Waals surface area contributed by atoms with Gasteiger partial charge >= 0.3 is 0 Å². The molecule has 0 saturated heterocycles. The van der Waals surface area contributed by atoms with Gasteiger partial charge in [0.2, 0.25) is 0 Å². The quantitative estimate of drug-likeness (QED) is 0.868. The molecule has 2 rings (SSSR count). The number of thiazole rings is 1. The second-order valence-electron chi connectivity index (χ2n) is 4.19. The monoisotopic (exact) mass is 266 g/mol. The summed E-state index contributed by atoms with van der Waals surface area (Å²) in [5, 5.41) is 8.91. The van der Waals surface area contributed by atoms with Crippen molar-refractivity contribution in [3.8, 4) is 0 Å². The van der Waals surface area contributed by atoms with E-state index in [0.29, 0.717) is 6.04 Å². The molecule has 2 aromatic heterocycles. The van der Waals surface area contributed by atoms with Crippen LogP contribution >= 0.6 is 22.7 Å². The highest BCUT2D eigenvalue weighted by Crippen LogP contribution is 2.16. The van der Waals surface area contributed by atoms with E-state index in [4.69, 9.17) is 0 Å². The van der Waals surface area contributed by atoms with Crippen LogP contribution in [0, 0.1) is 6.92 Å². The van der Waals surface area contributed by atoms with E-state index in [-0.39, 0.29) is 0 Å². The zero-order valence-electron chi connectivity index (χ0n) is 10.3. The maximum Gasteiger partial charge on any atom is 0.0943 e. The van der Waals surface area contributed by atoms with E-state index >= 15 is 0 Å². The fourth-order valence-electron chi connectivity index (χ4n) is 1.83. The van der Waals surface area contributed by atoms with Crippen LogP contribution in [0.1, 0.15) is 22.0 Å². The molecule has 0 aliphatic heterocycles. The molecule has 0 fully saturated rings. The Hall–Kier alpha value is -0.710. The molecule has 0 saturated carbocycles. The van der Waals surface area contributed by atoms with Crippen molar-refractivity contribution in [2.24, 2.45) is 0 Å². The van der Waals surface area contributed by atoms with E-state index in [1.54, 1.807) is 11.3 Å². The number of thiophene rings is 1. The lowest BCUT2D eigenvalue weighted by atomic mass is 10.1. The van der Waals surface area contributed by atoms with Crippen LogP contribution in [0.15, 0.2) is 22.9 Å². The zero-order valence-corrected chi connectivity index (χ0v) is 11.9. The summed E-state index contributed by atoms with van der Waals surface area (Å²) in [4.78, 5) is 6.00. The first-order valence-electron chi connectivity index (χ1n) is 5.88. The van der Waals surface area contributed by atoms with E-state index in [1.165, 1.54) is 16.3 Å². The van der Waals surface area contributed by atoms with Gasteiger partial charge in [-0.15, -0.1) is 22.7 Å². The number of nitrogens with zero attached hydrogens (tertiary/aromatic N) is 1. The highest BCUT2D eigenvalue weighted by atomic mass is 32.1. The van der Waals surface area contributed by atoms with Crippen molar-refractivity contribution in [2.75, 3.05) is 7.05 Å². The van der Waals surface area contributed by atoms with Gasteiger partial charge in [-0.3, -0.25) is 0 Å². The molecule has 1 unspecified atom stereocenters. The topological polar surface area (TPSA) is 24.9 Å². The summed E-state index contributed by atoms with van der Waals surface area (Å²) >= 11 is 3.61. The third kappa shape index (κ3) is 3.91. The molecule has 0 aliphatic rings. The predicted molar refractivity (Wildman–Crippen MR) is 76.0 cm³/mol. The molecule has 92 valence electrons. The first kappa shape index (κ1) is 12.7. The van der Waals surface area contributed by atoms with Gasteiger partial charge in [-0.2, -0.15) is 0 Å². The highest BCUT2D eigenvalue weighted by Gasteiger charge is 2.10. The number of aryl methyl sites for hydroxylation is 2. The molecular formula is C13H18N2S2. The van der Waals surface area contributed by atoms with Crippen LogP contribution in [0.25, 0.3) is 0 Å². The Bertz CT molecular complexity index is 434. The Morgan fingerprint density at radius 3 is 2.88 bits per heavy atom. The average molecular weight is 266 g/mol. The third-order valence-corrected chi connectivity index (χ3v) is 4.74. The highest BCUT2D eigenvalue weighted by molar-refractivity contribution is 7.10. The number of likely N-dealkylation sites (N-methyl/N-ethyl adjacent to an activating group) is 1. The maximum atomic E-state index is 4.52. The molecular weight excluding hydrogens is 248 g/mol. The van der Waals surface area contributed by atoms with Crippen molar-refractivity contribution in [1.29, 1.82) is 0 Å². The van der Waals surface area contributed by atoms with Crippen molar-refractivity contribution < 1.29 is 0 Å². The molecule has 2 aromatic rings. The summed E-state index contributed by atoms with van der Waals surface area (Å²) in [6, 6.07) is 4.87. The second kappa shape index (κ2) is 6.28. The lowest BCUT2D eigenvalue weighted by Crippen LogP contribution is -2.28.